The van der Waals surface area contributed by atoms with Crippen molar-refractivity contribution >= 4 is 18.3 Å². The Morgan fingerprint density at radius 3 is 2.95 bits per heavy atom. The second-order valence-electron chi connectivity index (χ2n) is 5.82. The number of hydrogen-bond donors (Lipinski definition) is 2. The first-order chi connectivity index (χ1) is 9.74. The molecule has 2 aliphatic rings. The van der Waals surface area contributed by atoms with E-state index in [4.69, 9.17) is 4.74 Å². The number of carbonyl (C=O) groups excluding carboxylic acids is 1. The van der Waals surface area contributed by atoms with E-state index in [1.807, 2.05) is 24.3 Å². The zero-order chi connectivity index (χ0) is 13.9. The van der Waals surface area contributed by atoms with E-state index in [-0.39, 0.29) is 30.5 Å². The van der Waals surface area contributed by atoms with E-state index in [0.29, 0.717) is 12.3 Å². The summed E-state index contributed by atoms with van der Waals surface area (Å²) in [7, 11) is 0. The van der Waals surface area contributed by atoms with Gasteiger partial charge < -0.3 is 15.4 Å². The molecule has 2 aliphatic heterocycles. The van der Waals surface area contributed by atoms with Gasteiger partial charge in [-0.15, -0.1) is 12.4 Å². The second kappa shape index (κ2) is 7.14. The Morgan fingerprint density at radius 1 is 1.43 bits per heavy atom. The fourth-order valence-electron chi connectivity index (χ4n) is 3.07. The molecule has 2 N–H and O–H groups in total. The molecule has 0 bridgehead atoms. The average molecular weight is 311 g/mol. The molecule has 3 rings (SSSR count). The molecule has 0 spiro atoms. The minimum absolute atomic E-state index is 0. The minimum atomic E-state index is -0.369. The van der Waals surface area contributed by atoms with Crippen LogP contribution in [0, 0.1) is 5.92 Å². The highest BCUT2D eigenvalue weighted by molar-refractivity contribution is 5.85. The summed E-state index contributed by atoms with van der Waals surface area (Å²) in [5, 5.41) is 6.51. The lowest BCUT2D eigenvalue weighted by Crippen LogP contribution is -2.48. The van der Waals surface area contributed by atoms with Gasteiger partial charge in [-0.2, -0.15) is 0 Å². The van der Waals surface area contributed by atoms with Crippen molar-refractivity contribution in [1.29, 1.82) is 0 Å². The van der Waals surface area contributed by atoms with Gasteiger partial charge in [0, 0.05) is 12.5 Å². The highest BCUT2D eigenvalue weighted by Crippen LogP contribution is 2.28. The van der Waals surface area contributed by atoms with Crippen LogP contribution in [0.15, 0.2) is 24.3 Å². The summed E-state index contributed by atoms with van der Waals surface area (Å²) in [5.74, 6) is 1.38. The quantitative estimate of drug-likeness (QED) is 0.897. The van der Waals surface area contributed by atoms with Crippen LogP contribution in [0.1, 0.15) is 25.3 Å². The standard InChI is InChI=1S/C16H22N2O2.ClH/c1-11(13-6-4-8-17-10-13)18-16(19)15-9-12-5-2-3-7-14(12)20-15;/h2-3,5,7,11,13,15,17H,4,6,8-10H2,1H3,(H,18,19);1H. The molecule has 1 saturated heterocycles. The average Bonchev–Trinajstić information content (AvgIpc) is 2.92. The van der Waals surface area contributed by atoms with Crippen molar-refractivity contribution in [2.45, 2.75) is 38.3 Å². The monoisotopic (exact) mass is 310 g/mol. The van der Waals surface area contributed by atoms with Gasteiger partial charge in [0.2, 0.25) is 0 Å². The molecular formula is C16H23ClN2O2. The van der Waals surface area contributed by atoms with Gasteiger partial charge in [-0.3, -0.25) is 4.79 Å². The van der Waals surface area contributed by atoms with Crippen molar-refractivity contribution in [2.24, 2.45) is 5.92 Å². The summed E-state index contributed by atoms with van der Waals surface area (Å²) in [6.45, 7) is 4.18. The fraction of sp³-hybridized carbons (Fsp3) is 0.562. The largest absolute Gasteiger partial charge is 0.480 e. The highest BCUT2D eigenvalue weighted by atomic mass is 35.5. The lowest BCUT2D eigenvalue weighted by Gasteiger charge is -2.29. The van der Waals surface area contributed by atoms with Crippen LogP contribution in [-0.4, -0.2) is 31.1 Å². The Kier molecular flexibility index (Phi) is 5.48. The molecule has 3 atom stereocenters. The smallest absolute Gasteiger partial charge is 0.261 e. The van der Waals surface area contributed by atoms with Crippen molar-refractivity contribution in [3.63, 3.8) is 0 Å². The van der Waals surface area contributed by atoms with Crippen molar-refractivity contribution in [3.8, 4) is 5.75 Å². The number of amides is 1. The molecule has 0 radical (unpaired) electrons. The number of piperidine rings is 1. The summed E-state index contributed by atoms with van der Waals surface area (Å²) in [6, 6.07) is 8.07. The molecule has 21 heavy (non-hydrogen) atoms. The lowest BCUT2D eigenvalue weighted by molar-refractivity contribution is -0.128. The number of halogens is 1. The van der Waals surface area contributed by atoms with Gasteiger partial charge in [-0.1, -0.05) is 18.2 Å². The third-order valence-corrected chi connectivity index (χ3v) is 4.35. The lowest BCUT2D eigenvalue weighted by atomic mass is 9.92. The molecule has 116 valence electrons. The summed E-state index contributed by atoms with van der Waals surface area (Å²) in [4.78, 5) is 12.3. The molecule has 1 fully saturated rings. The first kappa shape index (κ1) is 16.1. The van der Waals surface area contributed by atoms with Crippen LogP contribution >= 0.6 is 12.4 Å². The molecule has 1 aromatic rings. The Bertz CT molecular complexity index is 464. The zero-order valence-electron chi connectivity index (χ0n) is 12.3. The van der Waals surface area contributed by atoms with Gasteiger partial charge >= 0.3 is 0 Å². The number of rotatable bonds is 3. The molecule has 1 aromatic carbocycles. The van der Waals surface area contributed by atoms with Crippen LogP contribution in [0.25, 0.3) is 0 Å². The first-order valence-electron chi connectivity index (χ1n) is 7.49. The van der Waals surface area contributed by atoms with Crippen LogP contribution in [0.5, 0.6) is 5.75 Å². The summed E-state index contributed by atoms with van der Waals surface area (Å²) >= 11 is 0. The van der Waals surface area contributed by atoms with Crippen LogP contribution in [-0.2, 0) is 11.2 Å². The minimum Gasteiger partial charge on any atom is -0.480 e. The van der Waals surface area contributed by atoms with E-state index in [0.717, 1.165) is 24.4 Å². The topological polar surface area (TPSA) is 50.4 Å². The van der Waals surface area contributed by atoms with E-state index in [1.165, 1.54) is 12.8 Å². The van der Waals surface area contributed by atoms with E-state index in [9.17, 15) is 4.79 Å². The molecule has 2 heterocycles. The van der Waals surface area contributed by atoms with E-state index in [1.54, 1.807) is 0 Å². The third kappa shape index (κ3) is 3.69. The Hall–Kier alpha value is -1.26. The Balaban J connectivity index is 0.00000161. The number of benzene rings is 1. The van der Waals surface area contributed by atoms with Crippen molar-refractivity contribution in [3.05, 3.63) is 29.8 Å². The van der Waals surface area contributed by atoms with Crippen LogP contribution < -0.4 is 15.4 Å². The Morgan fingerprint density at radius 2 is 2.24 bits per heavy atom. The van der Waals surface area contributed by atoms with E-state index >= 15 is 0 Å². The third-order valence-electron chi connectivity index (χ3n) is 4.35. The van der Waals surface area contributed by atoms with E-state index in [2.05, 4.69) is 17.6 Å². The van der Waals surface area contributed by atoms with E-state index < -0.39 is 0 Å². The molecule has 5 heteroatoms. The van der Waals surface area contributed by atoms with Crippen LogP contribution in [0.2, 0.25) is 0 Å². The molecular weight excluding hydrogens is 288 g/mol. The summed E-state index contributed by atoms with van der Waals surface area (Å²) in [5.41, 5.74) is 1.12. The number of nitrogens with one attached hydrogen (secondary N) is 2. The van der Waals surface area contributed by atoms with Crippen molar-refractivity contribution in [1.82, 2.24) is 10.6 Å². The van der Waals surface area contributed by atoms with Gasteiger partial charge in [0.15, 0.2) is 6.10 Å². The fourth-order valence-corrected chi connectivity index (χ4v) is 3.07. The zero-order valence-corrected chi connectivity index (χ0v) is 13.1. The summed E-state index contributed by atoms with van der Waals surface area (Å²) < 4.78 is 5.73. The second-order valence-corrected chi connectivity index (χ2v) is 5.82. The molecule has 1 amide bonds. The van der Waals surface area contributed by atoms with Crippen molar-refractivity contribution < 1.29 is 9.53 Å². The normalized spacial score (nSPS) is 25.2. The van der Waals surface area contributed by atoms with Crippen LogP contribution in [0.3, 0.4) is 0 Å². The number of hydrogen-bond acceptors (Lipinski definition) is 3. The Labute approximate surface area is 132 Å². The molecule has 0 saturated carbocycles. The predicted molar refractivity (Wildman–Crippen MR) is 85.0 cm³/mol. The molecule has 0 aliphatic carbocycles. The maximum atomic E-state index is 12.3. The van der Waals surface area contributed by atoms with Crippen molar-refractivity contribution in [2.75, 3.05) is 13.1 Å². The molecule has 3 unspecified atom stereocenters. The first-order valence-corrected chi connectivity index (χ1v) is 7.49. The maximum absolute atomic E-state index is 12.3. The number of para-hydroxylation sites is 1. The summed E-state index contributed by atoms with van der Waals surface area (Å²) in [6.07, 6.45) is 2.68. The highest BCUT2D eigenvalue weighted by Gasteiger charge is 2.31. The SMILES string of the molecule is CC(NC(=O)C1Cc2ccccc2O1)C1CCCNC1.Cl. The van der Waals surface area contributed by atoms with Crippen LogP contribution in [0.4, 0.5) is 0 Å². The van der Waals surface area contributed by atoms with Gasteiger partial charge in [0.1, 0.15) is 5.75 Å². The van der Waals surface area contributed by atoms with Gasteiger partial charge in [-0.05, 0) is 50.4 Å². The van der Waals surface area contributed by atoms with Gasteiger partial charge in [0.25, 0.3) is 5.91 Å². The number of fused-ring (bicyclic) bond motifs is 1. The maximum Gasteiger partial charge on any atom is 0.261 e. The predicted octanol–water partition coefficient (Wildman–Crippen LogP) is 1.92. The molecule has 4 nitrogen and oxygen atoms in total. The molecule has 0 aromatic heterocycles. The number of carbonyl (C=O) groups is 1. The number of ether oxygens (including phenoxy) is 1. The van der Waals surface area contributed by atoms with Gasteiger partial charge in [0.05, 0.1) is 0 Å². The van der Waals surface area contributed by atoms with Gasteiger partial charge in [-0.25, -0.2) is 0 Å².